The lowest BCUT2D eigenvalue weighted by Crippen LogP contribution is -2.45. The van der Waals surface area contributed by atoms with Crippen LogP contribution in [0.25, 0.3) is 5.69 Å². The van der Waals surface area contributed by atoms with Crippen LogP contribution in [0.15, 0.2) is 65.2 Å². The largest absolute Gasteiger partial charge is 0.476 e. The first-order chi connectivity index (χ1) is 21.9. The van der Waals surface area contributed by atoms with Crippen molar-refractivity contribution in [2.75, 3.05) is 17.2 Å². The molecule has 2 atom stereocenters. The molecule has 2 bridgehead atoms. The van der Waals surface area contributed by atoms with Gasteiger partial charge in [-0.3, -0.25) is 15.0 Å². The lowest BCUT2D eigenvalue weighted by Gasteiger charge is -2.38. The minimum atomic E-state index is -1.22. The van der Waals surface area contributed by atoms with Gasteiger partial charge in [-0.15, -0.1) is 0 Å². The van der Waals surface area contributed by atoms with Crippen LogP contribution >= 0.6 is 0 Å². The van der Waals surface area contributed by atoms with E-state index in [0.29, 0.717) is 17.4 Å². The summed E-state index contributed by atoms with van der Waals surface area (Å²) in [4.78, 5) is 39.4. The van der Waals surface area contributed by atoms with Crippen molar-refractivity contribution in [1.82, 2.24) is 19.8 Å². The van der Waals surface area contributed by atoms with Gasteiger partial charge in [0.05, 0.1) is 17.9 Å². The van der Waals surface area contributed by atoms with E-state index in [4.69, 9.17) is 14.7 Å². The highest BCUT2D eigenvalue weighted by molar-refractivity contribution is 5.99. The number of carboxylic acids is 1. The van der Waals surface area contributed by atoms with Crippen LogP contribution in [0.5, 0.6) is 0 Å². The summed E-state index contributed by atoms with van der Waals surface area (Å²) in [6.45, 7) is 8.51. The third-order valence-corrected chi connectivity index (χ3v) is 9.02. The van der Waals surface area contributed by atoms with Crippen molar-refractivity contribution in [3.05, 3.63) is 88.9 Å². The van der Waals surface area contributed by atoms with Crippen LogP contribution in [0.4, 0.5) is 16.3 Å². The van der Waals surface area contributed by atoms with Gasteiger partial charge in [0.25, 0.3) is 0 Å². The fourth-order valence-electron chi connectivity index (χ4n) is 6.67. The Morgan fingerprint density at radius 2 is 1.70 bits per heavy atom. The van der Waals surface area contributed by atoms with E-state index in [1.54, 1.807) is 4.68 Å². The van der Waals surface area contributed by atoms with E-state index in [9.17, 15) is 14.4 Å². The number of aromatic nitrogens is 3. The minimum absolute atomic E-state index is 0.0125. The first-order valence-corrected chi connectivity index (χ1v) is 15.8. The number of carboxylic acid groups (broad SMARTS) is 1. The molecule has 0 saturated carbocycles. The quantitative estimate of drug-likeness (QED) is 0.180. The van der Waals surface area contributed by atoms with Gasteiger partial charge < -0.3 is 14.9 Å². The Labute approximate surface area is 268 Å². The third kappa shape index (κ3) is 6.89. The molecule has 0 radical (unpaired) electrons. The molecule has 240 valence electrons. The van der Waals surface area contributed by atoms with Crippen molar-refractivity contribution < 1.29 is 24.0 Å². The van der Waals surface area contributed by atoms with Crippen molar-refractivity contribution in [2.24, 2.45) is 5.92 Å². The zero-order valence-corrected chi connectivity index (χ0v) is 26.6. The number of nitrogens with one attached hydrogen (secondary N) is 2. The van der Waals surface area contributed by atoms with E-state index in [1.165, 1.54) is 6.07 Å². The van der Waals surface area contributed by atoms with Crippen LogP contribution < -0.4 is 10.6 Å². The van der Waals surface area contributed by atoms with Crippen molar-refractivity contribution in [3.8, 4) is 5.69 Å². The van der Waals surface area contributed by atoms with Crippen molar-refractivity contribution in [1.29, 1.82) is 0 Å². The maximum atomic E-state index is 13.2. The summed E-state index contributed by atoms with van der Waals surface area (Å²) in [5, 5.41) is 23.4. The maximum Gasteiger partial charge on any atom is 0.358 e. The predicted octanol–water partition coefficient (Wildman–Crippen LogP) is 6.48. The first-order valence-electron chi connectivity index (χ1n) is 15.8. The SMILES string of the molecule is Cc1ccc(-n2nc(C(C)(C)C)cc2NC(=O)Nc2cccc(CC3CC4CCC(C3)N4CC(=O)c3cc(C(=O)O)no3)c2)cc1. The number of amides is 2. The van der Waals surface area contributed by atoms with E-state index in [2.05, 4.69) is 47.5 Å². The Morgan fingerprint density at radius 3 is 2.35 bits per heavy atom. The summed E-state index contributed by atoms with van der Waals surface area (Å²) >= 11 is 0. The number of carbonyl (C=O) groups excluding carboxylic acids is 2. The number of piperidine rings is 1. The second-order valence-electron chi connectivity index (χ2n) is 13.6. The number of aryl methyl sites for hydroxylation is 1. The van der Waals surface area contributed by atoms with Gasteiger partial charge in [0.1, 0.15) is 5.82 Å². The Morgan fingerprint density at radius 1 is 0.978 bits per heavy atom. The van der Waals surface area contributed by atoms with Crippen molar-refractivity contribution >= 4 is 29.3 Å². The summed E-state index contributed by atoms with van der Waals surface area (Å²) in [6, 6.07) is 19.3. The van der Waals surface area contributed by atoms with E-state index < -0.39 is 5.97 Å². The normalized spacial score (nSPS) is 19.6. The highest BCUT2D eigenvalue weighted by atomic mass is 16.5. The molecule has 6 rings (SSSR count). The Balaban J connectivity index is 1.07. The molecule has 3 N–H and O–H groups in total. The predicted molar refractivity (Wildman–Crippen MR) is 174 cm³/mol. The highest BCUT2D eigenvalue weighted by Crippen LogP contribution is 2.40. The molecule has 2 amide bonds. The van der Waals surface area contributed by atoms with Crippen LogP contribution in [0.3, 0.4) is 0 Å². The van der Waals surface area contributed by atoms with E-state index >= 15 is 0 Å². The molecule has 4 aromatic rings. The summed E-state index contributed by atoms with van der Waals surface area (Å²) in [5.74, 6) is -0.431. The monoisotopic (exact) mass is 624 g/mol. The summed E-state index contributed by atoms with van der Waals surface area (Å²) in [5.41, 5.74) is 4.30. The van der Waals surface area contributed by atoms with Gasteiger partial charge in [-0.2, -0.15) is 5.10 Å². The summed E-state index contributed by atoms with van der Waals surface area (Å²) in [6.07, 6.45) is 4.88. The van der Waals surface area contributed by atoms with Gasteiger partial charge in [-0.05, 0) is 74.8 Å². The zero-order chi connectivity index (χ0) is 32.6. The fourth-order valence-corrected chi connectivity index (χ4v) is 6.67. The number of hydrogen-bond acceptors (Lipinski definition) is 7. The molecule has 2 aliphatic heterocycles. The lowest BCUT2D eigenvalue weighted by molar-refractivity contribution is 0.0680. The number of urea groups is 1. The summed E-state index contributed by atoms with van der Waals surface area (Å²) in [7, 11) is 0. The zero-order valence-electron chi connectivity index (χ0n) is 26.6. The van der Waals surface area contributed by atoms with Gasteiger partial charge in [0.15, 0.2) is 5.69 Å². The lowest BCUT2D eigenvalue weighted by atomic mass is 9.85. The third-order valence-electron chi connectivity index (χ3n) is 9.02. The van der Waals surface area contributed by atoms with Crippen molar-refractivity contribution in [3.63, 3.8) is 0 Å². The molecular weight excluding hydrogens is 584 g/mol. The molecule has 2 aromatic heterocycles. The molecular formula is C35H40N6O5. The molecule has 2 saturated heterocycles. The van der Waals surface area contributed by atoms with Crippen LogP contribution in [0.1, 0.15) is 84.3 Å². The Hall–Kier alpha value is -4.77. The van der Waals surface area contributed by atoms with Crippen LogP contribution in [0, 0.1) is 12.8 Å². The van der Waals surface area contributed by atoms with Crippen LogP contribution in [-0.4, -0.2) is 61.4 Å². The molecule has 2 aromatic carbocycles. The van der Waals surface area contributed by atoms with Gasteiger partial charge in [-0.1, -0.05) is 55.8 Å². The molecule has 2 aliphatic rings. The second-order valence-corrected chi connectivity index (χ2v) is 13.6. The van der Waals surface area contributed by atoms with Gasteiger partial charge in [0, 0.05) is 35.3 Å². The molecule has 46 heavy (non-hydrogen) atoms. The molecule has 0 aliphatic carbocycles. The number of ketones is 1. The second kappa shape index (κ2) is 12.6. The molecule has 2 unspecified atom stereocenters. The highest BCUT2D eigenvalue weighted by Gasteiger charge is 2.41. The van der Waals surface area contributed by atoms with Gasteiger partial charge in [0.2, 0.25) is 11.5 Å². The van der Waals surface area contributed by atoms with Crippen LogP contribution in [0.2, 0.25) is 0 Å². The van der Waals surface area contributed by atoms with Crippen LogP contribution in [-0.2, 0) is 11.8 Å². The molecule has 11 heteroatoms. The number of rotatable bonds is 9. The molecule has 11 nitrogen and oxygen atoms in total. The number of hydrogen-bond donors (Lipinski definition) is 3. The number of nitrogens with zero attached hydrogens (tertiary/aromatic N) is 4. The van der Waals surface area contributed by atoms with Gasteiger partial charge >= 0.3 is 12.0 Å². The Kier molecular flexibility index (Phi) is 8.52. The number of fused-ring (bicyclic) bond motifs is 2. The molecule has 2 fully saturated rings. The first kappa shape index (κ1) is 31.2. The number of carbonyl (C=O) groups is 3. The number of Topliss-reactive ketones (excluding diaryl/α,β-unsaturated/α-hetero) is 1. The fraction of sp³-hybridized carbons (Fsp3) is 0.400. The number of benzene rings is 2. The summed E-state index contributed by atoms with van der Waals surface area (Å²) < 4.78 is 6.76. The van der Waals surface area contributed by atoms with Crippen molar-refractivity contribution in [2.45, 2.75) is 77.3 Å². The smallest absolute Gasteiger partial charge is 0.358 e. The molecule has 0 spiro atoms. The Bertz CT molecular complexity index is 1740. The number of anilines is 2. The average Bonchev–Trinajstić information content (AvgIpc) is 3.71. The standard InChI is InChI=1S/C35H40N6O5/c1-21-8-10-25(11-9-21)41-32(19-31(38-41)35(2,3)4)37-34(45)36-24-7-5-6-22(15-24)14-23-16-26-12-13-27(17-23)40(26)20-29(42)30-18-28(33(43)44)39-46-30/h5-11,15,18-19,23,26-27H,12-14,16-17,20H2,1-4H3,(H,43,44)(H2,36,37,45). The average molecular weight is 625 g/mol. The van der Waals surface area contributed by atoms with Gasteiger partial charge in [-0.25, -0.2) is 14.3 Å². The maximum absolute atomic E-state index is 13.2. The topological polar surface area (TPSA) is 143 Å². The minimum Gasteiger partial charge on any atom is -0.476 e. The van der Waals surface area contributed by atoms with E-state index in [-0.39, 0.29) is 47.3 Å². The van der Waals surface area contributed by atoms with E-state index in [1.807, 2.05) is 55.5 Å². The number of aromatic carboxylic acids is 1. The van der Waals surface area contributed by atoms with E-state index in [0.717, 1.165) is 54.6 Å². The molecule has 4 heterocycles.